The number of nitrogens with one attached hydrogen (secondary N) is 3. The first-order valence-electron chi connectivity index (χ1n) is 10.3. The Bertz CT molecular complexity index is 1210. The van der Waals surface area contributed by atoms with Crippen molar-refractivity contribution in [2.45, 2.75) is 19.9 Å². The van der Waals surface area contributed by atoms with Crippen LogP contribution in [0.4, 0.5) is 5.69 Å². The van der Waals surface area contributed by atoms with Gasteiger partial charge < -0.3 is 19.9 Å². The molecule has 1 aliphatic heterocycles. The van der Waals surface area contributed by atoms with E-state index in [1.165, 1.54) is 11.2 Å². The summed E-state index contributed by atoms with van der Waals surface area (Å²) < 4.78 is 1.97. The number of imidazole rings is 1. The zero-order valence-electron chi connectivity index (χ0n) is 17.4. The number of carbonyl (C=O) groups excluding carboxylic acids is 1. The Kier molecular flexibility index (Phi) is 5.16. The number of thiophene rings is 1. The summed E-state index contributed by atoms with van der Waals surface area (Å²) in [5, 5.41) is 13.1. The van der Waals surface area contributed by atoms with Crippen LogP contribution in [0.25, 0.3) is 16.2 Å². The molecular weight excluding hydrogens is 412 g/mol. The summed E-state index contributed by atoms with van der Waals surface area (Å²) in [4.78, 5) is 26.8. The first kappa shape index (κ1) is 19.7. The lowest BCUT2D eigenvalue weighted by atomic mass is 10.2. The molecule has 3 N–H and O–H groups in total. The Balaban J connectivity index is 1.54. The fourth-order valence-electron chi connectivity index (χ4n) is 3.81. The summed E-state index contributed by atoms with van der Waals surface area (Å²) in [5.74, 6) is 0.382. The van der Waals surface area contributed by atoms with Gasteiger partial charge in [-0.05, 0) is 32.0 Å². The molecule has 0 radical (unpaired) electrons. The fourth-order valence-corrected chi connectivity index (χ4v) is 4.63. The van der Waals surface area contributed by atoms with E-state index in [1.807, 2.05) is 29.8 Å². The van der Waals surface area contributed by atoms with Crippen molar-refractivity contribution < 1.29 is 4.79 Å². The molecule has 1 aliphatic rings. The number of fused-ring (bicyclic) bond motifs is 1. The zero-order valence-corrected chi connectivity index (χ0v) is 18.2. The maximum atomic E-state index is 13.1. The summed E-state index contributed by atoms with van der Waals surface area (Å²) in [6, 6.07) is 5.84. The second-order valence-corrected chi connectivity index (χ2v) is 8.96. The first-order chi connectivity index (χ1) is 15.1. The molecule has 160 valence electrons. The van der Waals surface area contributed by atoms with Gasteiger partial charge in [-0.2, -0.15) is 5.10 Å². The van der Waals surface area contributed by atoms with Crippen molar-refractivity contribution in [1.82, 2.24) is 35.2 Å². The van der Waals surface area contributed by atoms with Gasteiger partial charge in [0.1, 0.15) is 6.33 Å². The number of rotatable bonds is 5. The summed E-state index contributed by atoms with van der Waals surface area (Å²) >= 11 is 1.72. The predicted octanol–water partition coefficient (Wildman–Crippen LogP) is 2.39. The van der Waals surface area contributed by atoms with Crippen LogP contribution in [0.15, 0.2) is 36.9 Å². The monoisotopic (exact) mass is 436 g/mol. The number of hydrogen-bond acceptors (Lipinski definition) is 7. The molecule has 1 atom stereocenters. The third-order valence-electron chi connectivity index (χ3n) is 5.41. The van der Waals surface area contributed by atoms with Crippen LogP contribution in [0.1, 0.15) is 34.0 Å². The largest absolute Gasteiger partial charge is 0.366 e. The van der Waals surface area contributed by atoms with E-state index in [2.05, 4.69) is 49.8 Å². The fraction of sp³-hybridized carbons (Fsp3) is 0.333. The number of carbonyl (C=O) groups is 1. The highest BCUT2D eigenvalue weighted by atomic mass is 32.1. The minimum Gasteiger partial charge on any atom is -0.366 e. The first-order valence-corrected chi connectivity index (χ1v) is 11.1. The molecule has 4 aromatic heterocycles. The number of piperazine rings is 1. The average Bonchev–Trinajstić information content (AvgIpc) is 3.53. The van der Waals surface area contributed by atoms with Crippen LogP contribution in [0.2, 0.25) is 0 Å². The SMILES string of the molecule is Cc1ccc(-c2cn3cc(C(=O)N[C@@H](C)c4nc[nH]n4)cc(N4CCNCC4)c3n2)s1. The van der Waals surface area contributed by atoms with E-state index in [1.54, 1.807) is 11.3 Å². The van der Waals surface area contributed by atoms with E-state index in [0.29, 0.717) is 11.4 Å². The van der Waals surface area contributed by atoms with Crippen LogP contribution in [0.5, 0.6) is 0 Å². The number of amides is 1. The van der Waals surface area contributed by atoms with Gasteiger partial charge >= 0.3 is 0 Å². The lowest BCUT2D eigenvalue weighted by Gasteiger charge is -2.30. The van der Waals surface area contributed by atoms with Crippen LogP contribution in [0.3, 0.4) is 0 Å². The Morgan fingerprint density at radius 1 is 1.26 bits per heavy atom. The number of H-pyrrole nitrogens is 1. The smallest absolute Gasteiger partial charge is 0.253 e. The minimum absolute atomic E-state index is 0.169. The molecule has 0 aromatic carbocycles. The van der Waals surface area contributed by atoms with Gasteiger partial charge in [0.15, 0.2) is 11.5 Å². The van der Waals surface area contributed by atoms with E-state index < -0.39 is 0 Å². The average molecular weight is 437 g/mol. The minimum atomic E-state index is -0.301. The molecule has 0 unspecified atom stereocenters. The quantitative estimate of drug-likeness (QED) is 0.444. The van der Waals surface area contributed by atoms with Crippen LogP contribution in [-0.4, -0.2) is 56.7 Å². The molecule has 0 saturated carbocycles. The molecule has 0 bridgehead atoms. The molecule has 31 heavy (non-hydrogen) atoms. The molecule has 1 amide bonds. The van der Waals surface area contributed by atoms with E-state index in [9.17, 15) is 4.79 Å². The summed E-state index contributed by atoms with van der Waals surface area (Å²) in [6.45, 7) is 7.51. The van der Waals surface area contributed by atoms with Gasteiger partial charge in [-0.15, -0.1) is 11.3 Å². The van der Waals surface area contributed by atoms with Crippen LogP contribution < -0.4 is 15.5 Å². The molecule has 4 aromatic rings. The lowest BCUT2D eigenvalue weighted by molar-refractivity contribution is 0.0938. The van der Waals surface area contributed by atoms with Gasteiger partial charge in [-0.25, -0.2) is 9.97 Å². The summed E-state index contributed by atoms with van der Waals surface area (Å²) in [7, 11) is 0. The zero-order chi connectivity index (χ0) is 21.4. The highest BCUT2D eigenvalue weighted by molar-refractivity contribution is 7.15. The molecule has 10 heteroatoms. The highest BCUT2D eigenvalue weighted by Crippen LogP contribution is 2.31. The number of hydrogen-bond donors (Lipinski definition) is 3. The van der Waals surface area contributed by atoms with E-state index >= 15 is 0 Å². The maximum absolute atomic E-state index is 13.1. The Morgan fingerprint density at radius 2 is 2.10 bits per heavy atom. The number of aromatic nitrogens is 5. The molecule has 0 spiro atoms. The number of nitrogens with zero attached hydrogens (tertiary/aromatic N) is 5. The van der Waals surface area contributed by atoms with Gasteiger partial charge in [-0.1, -0.05) is 0 Å². The second kappa shape index (κ2) is 8.12. The predicted molar refractivity (Wildman–Crippen MR) is 121 cm³/mol. The van der Waals surface area contributed by atoms with Crippen molar-refractivity contribution in [3.63, 3.8) is 0 Å². The number of anilines is 1. The Labute approximate surface area is 183 Å². The summed E-state index contributed by atoms with van der Waals surface area (Å²) in [5.41, 5.74) is 3.33. The van der Waals surface area contributed by atoms with Crippen LogP contribution >= 0.6 is 11.3 Å². The van der Waals surface area contributed by atoms with Gasteiger partial charge in [0.2, 0.25) is 0 Å². The Morgan fingerprint density at radius 3 is 2.81 bits per heavy atom. The summed E-state index contributed by atoms with van der Waals surface area (Å²) in [6.07, 6.45) is 5.35. The Hall–Kier alpha value is -3.24. The number of aromatic amines is 1. The van der Waals surface area contributed by atoms with Gasteiger partial charge in [0.05, 0.1) is 27.9 Å². The van der Waals surface area contributed by atoms with E-state index in [4.69, 9.17) is 4.98 Å². The number of aryl methyl sites for hydroxylation is 1. The topological polar surface area (TPSA) is 103 Å². The molecule has 9 nitrogen and oxygen atoms in total. The molecular formula is C21H24N8OS. The lowest BCUT2D eigenvalue weighted by Crippen LogP contribution is -2.43. The van der Waals surface area contributed by atoms with E-state index in [-0.39, 0.29) is 11.9 Å². The molecule has 1 saturated heterocycles. The molecule has 0 aliphatic carbocycles. The third kappa shape index (κ3) is 3.91. The van der Waals surface area contributed by atoms with E-state index in [0.717, 1.165) is 48.1 Å². The molecule has 1 fully saturated rings. The van der Waals surface area contributed by atoms with Crippen LogP contribution in [-0.2, 0) is 0 Å². The third-order valence-corrected chi connectivity index (χ3v) is 6.44. The van der Waals surface area contributed by atoms with Gasteiger partial charge in [-0.3, -0.25) is 9.89 Å². The standard InChI is InChI=1S/C21H24N8OS/c1-13-3-4-18(31-13)16-11-29-10-15(21(30)25-14(2)19-23-12-24-27-19)9-17(20(29)26-16)28-7-5-22-6-8-28/h3-4,9-12,14,22H,5-8H2,1-2H3,(H,25,30)(H,23,24,27)/t14-/m0/s1. The second-order valence-electron chi connectivity index (χ2n) is 7.67. The van der Waals surface area contributed by atoms with Crippen molar-refractivity contribution in [2.75, 3.05) is 31.1 Å². The normalized spacial score (nSPS) is 15.4. The molecule has 5 rings (SSSR count). The highest BCUT2D eigenvalue weighted by Gasteiger charge is 2.21. The van der Waals surface area contributed by atoms with Crippen molar-refractivity contribution in [2.24, 2.45) is 0 Å². The van der Waals surface area contributed by atoms with Gasteiger partial charge in [0.25, 0.3) is 5.91 Å². The maximum Gasteiger partial charge on any atom is 0.253 e. The number of pyridine rings is 1. The van der Waals surface area contributed by atoms with Crippen LogP contribution in [0, 0.1) is 6.92 Å². The molecule has 5 heterocycles. The van der Waals surface area contributed by atoms with Crippen molar-refractivity contribution >= 4 is 28.6 Å². The van der Waals surface area contributed by atoms with Crippen molar-refractivity contribution in [3.05, 3.63) is 53.2 Å². The van der Waals surface area contributed by atoms with Crippen molar-refractivity contribution in [3.8, 4) is 10.6 Å². The van der Waals surface area contributed by atoms with Gasteiger partial charge in [0, 0.05) is 43.4 Å². The van der Waals surface area contributed by atoms with Crippen molar-refractivity contribution in [1.29, 1.82) is 0 Å².